The fraction of sp³-hybridized carbons (Fsp3) is 0.200. The van der Waals surface area contributed by atoms with Crippen LogP contribution in [0.3, 0.4) is 0 Å². The van der Waals surface area contributed by atoms with Crippen molar-refractivity contribution in [2.45, 2.75) is 19.4 Å². The molecule has 0 saturated heterocycles. The van der Waals surface area contributed by atoms with Crippen LogP contribution in [0.2, 0.25) is 0 Å². The average Bonchev–Trinajstić information content (AvgIpc) is 2.87. The molecule has 0 radical (unpaired) electrons. The van der Waals surface area contributed by atoms with E-state index in [0.29, 0.717) is 24.2 Å². The van der Waals surface area contributed by atoms with Gasteiger partial charge < -0.3 is 5.32 Å². The lowest BCUT2D eigenvalue weighted by Crippen LogP contribution is -2.45. The van der Waals surface area contributed by atoms with Gasteiger partial charge in [-0.05, 0) is 37.1 Å². The van der Waals surface area contributed by atoms with Gasteiger partial charge in [0.05, 0.1) is 0 Å². The number of fused-ring (bicyclic) bond motifs is 1. The second-order valence-electron chi connectivity index (χ2n) is 6.01. The Bertz CT molecular complexity index is 795. The van der Waals surface area contributed by atoms with E-state index in [0.717, 1.165) is 11.1 Å². The van der Waals surface area contributed by atoms with Crippen LogP contribution < -0.4 is 5.32 Å². The van der Waals surface area contributed by atoms with Crippen molar-refractivity contribution in [1.29, 1.82) is 0 Å². The van der Waals surface area contributed by atoms with E-state index in [4.69, 9.17) is 0 Å². The van der Waals surface area contributed by atoms with Crippen molar-refractivity contribution in [1.82, 2.24) is 10.2 Å². The molecule has 2 aromatic carbocycles. The molecule has 1 heterocycles. The summed E-state index contributed by atoms with van der Waals surface area (Å²) in [5.41, 5.74) is 2.81. The van der Waals surface area contributed by atoms with Crippen LogP contribution in [0.15, 0.2) is 55.1 Å². The van der Waals surface area contributed by atoms with Gasteiger partial charge in [0, 0.05) is 23.4 Å². The summed E-state index contributed by atoms with van der Waals surface area (Å²) >= 11 is 0. The van der Waals surface area contributed by atoms with Crippen LogP contribution in [0, 0.1) is 5.82 Å². The highest BCUT2D eigenvalue weighted by atomic mass is 19.1. The largest absolute Gasteiger partial charge is 0.354 e. The summed E-state index contributed by atoms with van der Waals surface area (Å²) in [7, 11) is 0. The van der Waals surface area contributed by atoms with Crippen LogP contribution in [0.1, 0.15) is 28.4 Å². The highest BCUT2D eigenvalue weighted by molar-refractivity contribution is 6.10. The molecule has 0 unspecified atom stereocenters. The minimum absolute atomic E-state index is 0.207. The first-order valence-corrected chi connectivity index (χ1v) is 8.13. The molecule has 0 saturated carbocycles. The van der Waals surface area contributed by atoms with Crippen LogP contribution in [0.5, 0.6) is 0 Å². The SMILES string of the molecule is C=C1c2ccccc2C(=O)N1[C@H](C)C(=O)NCCc1ccc(F)cc1. The summed E-state index contributed by atoms with van der Waals surface area (Å²) in [5, 5.41) is 2.82. The van der Waals surface area contributed by atoms with Gasteiger partial charge in [-0.2, -0.15) is 0 Å². The highest BCUT2D eigenvalue weighted by Gasteiger charge is 2.36. The lowest BCUT2D eigenvalue weighted by molar-refractivity contribution is -0.124. The lowest BCUT2D eigenvalue weighted by Gasteiger charge is -2.24. The molecule has 1 aliphatic rings. The predicted octanol–water partition coefficient (Wildman–Crippen LogP) is 3.00. The molecular formula is C20H19FN2O2. The molecule has 2 amide bonds. The van der Waals surface area contributed by atoms with Gasteiger partial charge in [-0.15, -0.1) is 0 Å². The molecule has 3 rings (SSSR count). The second kappa shape index (κ2) is 6.89. The first-order chi connectivity index (χ1) is 12.0. The second-order valence-corrected chi connectivity index (χ2v) is 6.01. The van der Waals surface area contributed by atoms with Crippen molar-refractivity contribution < 1.29 is 14.0 Å². The maximum Gasteiger partial charge on any atom is 0.259 e. The van der Waals surface area contributed by atoms with E-state index in [1.165, 1.54) is 17.0 Å². The zero-order valence-electron chi connectivity index (χ0n) is 14.0. The molecule has 128 valence electrons. The summed E-state index contributed by atoms with van der Waals surface area (Å²) in [5.74, 6) is -0.738. The normalized spacial score (nSPS) is 14.4. The Morgan fingerprint density at radius 3 is 2.44 bits per heavy atom. The van der Waals surface area contributed by atoms with Crippen LogP contribution in [0.25, 0.3) is 5.70 Å². The third-order valence-corrected chi connectivity index (χ3v) is 4.37. The molecule has 0 spiro atoms. The molecule has 1 atom stereocenters. The lowest BCUT2D eigenvalue weighted by atomic mass is 10.1. The van der Waals surface area contributed by atoms with Gasteiger partial charge in [-0.1, -0.05) is 36.9 Å². The quantitative estimate of drug-likeness (QED) is 0.911. The molecule has 0 aromatic heterocycles. The summed E-state index contributed by atoms with van der Waals surface area (Å²) < 4.78 is 12.9. The Balaban J connectivity index is 1.60. The maximum atomic E-state index is 12.9. The molecule has 2 aromatic rings. The molecule has 1 N–H and O–H groups in total. The fourth-order valence-corrected chi connectivity index (χ4v) is 2.96. The van der Waals surface area contributed by atoms with Crippen LogP contribution >= 0.6 is 0 Å². The molecule has 0 fully saturated rings. The Morgan fingerprint density at radius 1 is 1.16 bits per heavy atom. The molecule has 5 heteroatoms. The van der Waals surface area contributed by atoms with Gasteiger partial charge >= 0.3 is 0 Å². The van der Waals surface area contributed by atoms with Gasteiger partial charge in [0.25, 0.3) is 5.91 Å². The number of rotatable bonds is 5. The van der Waals surface area contributed by atoms with Crippen LogP contribution in [-0.2, 0) is 11.2 Å². The predicted molar refractivity (Wildman–Crippen MR) is 94.2 cm³/mol. The van der Waals surface area contributed by atoms with E-state index in [1.54, 1.807) is 31.2 Å². The van der Waals surface area contributed by atoms with Gasteiger partial charge in [0.2, 0.25) is 5.91 Å². The minimum Gasteiger partial charge on any atom is -0.354 e. The van der Waals surface area contributed by atoms with E-state index >= 15 is 0 Å². The zero-order valence-corrected chi connectivity index (χ0v) is 14.0. The minimum atomic E-state index is -0.652. The first-order valence-electron chi connectivity index (χ1n) is 8.13. The standard InChI is InChI=1S/C20H19FN2O2/c1-13-17-5-3-4-6-18(17)20(25)23(13)14(2)19(24)22-12-11-15-7-9-16(21)10-8-15/h3-10,14H,1,11-12H2,2H3,(H,22,24)/t14-/m1/s1. The zero-order chi connectivity index (χ0) is 18.0. The van der Waals surface area contributed by atoms with Crippen molar-refractivity contribution in [3.63, 3.8) is 0 Å². The number of halogens is 1. The van der Waals surface area contributed by atoms with Crippen molar-refractivity contribution in [2.75, 3.05) is 6.54 Å². The van der Waals surface area contributed by atoms with Crippen molar-refractivity contribution >= 4 is 17.5 Å². The highest BCUT2D eigenvalue weighted by Crippen LogP contribution is 2.32. The van der Waals surface area contributed by atoms with Crippen molar-refractivity contribution in [3.8, 4) is 0 Å². The fourth-order valence-electron chi connectivity index (χ4n) is 2.96. The van der Waals surface area contributed by atoms with E-state index in [2.05, 4.69) is 11.9 Å². The number of nitrogens with zero attached hydrogens (tertiary/aromatic N) is 1. The third kappa shape index (κ3) is 3.31. The van der Waals surface area contributed by atoms with E-state index in [1.807, 2.05) is 12.1 Å². The molecule has 1 aliphatic heterocycles. The smallest absolute Gasteiger partial charge is 0.259 e. The Kier molecular flexibility index (Phi) is 4.65. The van der Waals surface area contributed by atoms with Gasteiger partial charge in [-0.25, -0.2) is 4.39 Å². The van der Waals surface area contributed by atoms with Gasteiger partial charge in [-0.3, -0.25) is 14.5 Å². The van der Waals surface area contributed by atoms with E-state index < -0.39 is 6.04 Å². The Morgan fingerprint density at radius 2 is 1.80 bits per heavy atom. The third-order valence-electron chi connectivity index (χ3n) is 4.37. The topological polar surface area (TPSA) is 49.4 Å². The van der Waals surface area contributed by atoms with E-state index in [9.17, 15) is 14.0 Å². The monoisotopic (exact) mass is 338 g/mol. The van der Waals surface area contributed by atoms with Crippen LogP contribution in [-0.4, -0.2) is 29.3 Å². The molecule has 0 aliphatic carbocycles. The van der Waals surface area contributed by atoms with Crippen LogP contribution in [0.4, 0.5) is 4.39 Å². The Labute approximate surface area is 146 Å². The maximum absolute atomic E-state index is 12.9. The molecule has 0 bridgehead atoms. The average molecular weight is 338 g/mol. The van der Waals surface area contributed by atoms with Gasteiger partial charge in [0.15, 0.2) is 0 Å². The van der Waals surface area contributed by atoms with Crippen molar-refractivity contribution in [2.24, 2.45) is 0 Å². The Hall–Kier alpha value is -2.95. The van der Waals surface area contributed by atoms with Gasteiger partial charge in [0.1, 0.15) is 11.9 Å². The van der Waals surface area contributed by atoms with E-state index in [-0.39, 0.29) is 17.6 Å². The summed E-state index contributed by atoms with van der Waals surface area (Å²) in [4.78, 5) is 26.4. The number of carbonyl (C=O) groups excluding carboxylic acids is 2. The number of hydrogen-bond acceptors (Lipinski definition) is 2. The number of carbonyl (C=O) groups is 2. The summed E-state index contributed by atoms with van der Waals surface area (Å²) in [6.45, 7) is 6.05. The summed E-state index contributed by atoms with van der Waals surface area (Å²) in [6.07, 6.45) is 0.591. The molecule has 4 nitrogen and oxygen atoms in total. The number of nitrogens with one attached hydrogen (secondary N) is 1. The summed E-state index contributed by atoms with van der Waals surface area (Å²) in [6, 6.07) is 12.7. The van der Waals surface area contributed by atoms with Crippen molar-refractivity contribution in [3.05, 3.63) is 77.6 Å². The molecule has 25 heavy (non-hydrogen) atoms. The number of benzene rings is 2. The number of amides is 2. The first kappa shape index (κ1) is 16.9. The molecular weight excluding hydrogens is 319 g/mol. The number of hydrogen-bond donors (Lipinski definition) is 1.